The Kier molecular flexibility index (Phi) is 10.2. The number of imide groups is 2. The maximum absolute atomic E-state index is 16.1. The van der Waals surface area contributed by atoms with Gasteiger partial charge >= 0.3 is 0 Å². The van der Waals surface area contributed by atoms with Crippen molar-refractivity contribution in [3.8, 4) is 5.75 Å². The number of fused-ring (bicyclic) bond motifs is 3. The van der Waals surface area contributed by atoms with Crippen LogP contribution in [0.25, 0.3) is 0 Å². The standard InChI is InChI=1S/C44H47F3N6O6/c1-24-16-26-17-31(54)3-5-32(26)40(52(24)23-38(46)47)33-4-2-30(20-36(33)45)49-12-8-25(9-13-49)42(57)50-14-10-29(11-15-50)51-21-27-18-34-35(19-28(27)22-51)44(59)53(43(34)58)37-6-7-39(55)48-41(37)56/h2-5,17-20,24-25,29,37-38,40,54H,6-16,21-23H2,1H3,(H,48,55,56)/t24-,37?,40+/m1/s1. The number of aromatic hydroxyl groups is 1. The second-order valence-electron chi connectivity index (χ2n) is 17.0. The molecule has 0 aliphatic carbocycles. The summed E-state index contributed by atoms with van der Waals surface area (Å²) >= 11 is 0. The lowest BCUT2D eigenvalue weighted by Crippen LogP contribution is -2.54. The third-order valence-electron chi connectivity index (χ3n) is 13.5. The minimum Gasteiger partial charge on any atom is -0.508 e. The molecule has 12 nitrogen and oxygen atoms in total. The summed E-state index contributed by atoms with van der Waals surface area (Å²) in [5, 5.41) is 12.3. The Balaban J connectivity index is 0.787. The lowest BCUT2D eigenvalue weighted by Gasteiger charge is -2.42. The van der Waals surface area contributed by atoms with Gasteiger partial charge in [-0.1, -0.05) is 12.1 Å². The Morgan fingerprint density at radius 2 is 1.49 bits per heavy atom. The number of alkyl halides is 2. The summed E-state index contributed by atoms with van der Waals surface area (Å²) in [7, 11) is 0. The van der Waals surface area contributed by atoms with Crippen molar-refractivity contribution in [2.24, 2.45) is 5.92 Å². The van der Waals surface area contributed by atoms with Crippen LogP contribution < -0.4 is 10.2 Å². The fourth-order valence-corrected chi connectivity index (χ4v) is 10.4. The highest BCUT2D eigenvalue weighted by atomic mass is 19.3. The number of rotatable bonds is 7. The summed E-state index contributed by atoms with van der Waals surface area (Å²) < 4.78 is 43.5. The number of phenols is 1. The number of carbonyl (C=O) groups is 5. The van der Waals surface area contributed by atoms with Gasteiger partial charge in [-0.25, -0.2) is 13.2 Å². The third-order valence-corrected chi connectivity index (χ3v) is 13.5. The first-order valence-corrected chi connectivity index (χ1v) is 20.6. The highest BCUT2D eigenvalue weighted by molar-refractivity contribution is 6.23. The minimum absolute atomic E-state index is 0.0679. The number of nitrogens with zero attached hydrogens (tertiary/aromatic N) is 5. The second kappa shape index (κ2) is 15.4. The van der Waals surface area contributed by atoms with Gasteiger partial charge in [0.15, 0.2) is 0 Å². The van der Waals surface area contributed by atoms with Crippen LogP contribution in [0.4, 0.5) is 18.9 Å². The van der Waals surface area contributed by atoms with E-state index in [4.69, 9.17) is 0 Å². The van der Waals surface area contributed by atoms with E-state index in [1.165, 1.54) is 12.1 Å². The van der Waals surface area contributed by atoms with E-state index in [0.29, 0.717) is 75.3 Å². The van der Waals surface area contributed by atoms with Gasteiger partial charge in [-0.05, 0) is 104 Å². The van der Waals surface area contributed by atoms with Gasteiger partial charge in [-0.2, -0.15) is 0 Å². The van der Waals surface area contributed by atoms with Gasteiger partial charge in [0.2, 0.25) is 17.7 Å². The van der Waals surface area contributed by atoms with Crippen LogP contribution >= 0.6 is 0 Å². The Morgan fingerprint density at radius 1 is 0.831 bits per heavy atom. The van der Waals surface area contributed by atoms with Crippen LogP contribution in [0.3, 0.4) is 0 Å². The van der Waals surface area contributed by atoms with Crippen LogP contribution in [0.2, 0.25) is 0 Å². The van der Waals surface area contributed by atoms with Crippen LogP contribution in [-0.2, 0) is 33.9 Å². The van der Waals surface area contributed by atoms with Crippen molar-refractivity contribution in [3.63, 3.8) is 0 Å². The first-order valence-electron chi connectivity index (χ1n) is 20.6. The molecule has 310 valence electrons. The number of nitrogens with one attached hydrogen (secondary N) is 1. The molecule has 0 bridgehead atoms. The van der Waals surface area contributed by atoms with Gasteiger partial charge in [0.05, 0.1) is 23.7 Å². The highest BCUT2D eigenvalue weighted by Crippen LogP contribution is 2.42. The van der Waals surface area contributed by atoms with E-state index in [0.717, 1.165) is 34.4 Å². The Morgan fingerprint density at radius 3 is 2.12 bits per heavy atom. The van der Waals surface area contributed by atoms with Gasteiger partial charge in [0.1, 0.15) is 17.6 Å². The van der Waals surface area contributed by atoms with Crippen LogP contribution in [0.1, 0.15) is 100 Å². The van der Waals surface area contributed by atoms with Gasteiger partial charge < -0.3 is 14.9 Å². The molecule has 15 heteroatoms. The van der Waals surface area contributed by atoms with Crippen molar-refractivity contribution < 1.29 is 42.3 Å². The Labute approximate surface area is 339 Å². The third kappa shape index (κ3) is 7.15. The molecule has 0 radical (unpaired) electrons. The molecular formula is C44H47F3N6O6. The van der Waals surface area contributed by atoms with E-state index in [2.05, 4.69) is 15.1 Å². The fraction of sp³-hybridized carbons (Fsp3) is 0.477. The molecule has 9 rings (SSSR count). The lowest BCUT2D eigenvalue weighted by molar-refractivity contribution is -0.138. The van der Waals surface area contributed by atoms with E-state index in [1.54, 1.807) is 35.2 Å². The summed E-state index contributed by atoms with van der Waals surface area (Å²) in [6, 6.07) is 11.6. The first kappa shape index (κ1) is 39.2. The van der Waals surface area contributed by atoms with Crippen LogP contribution in [-0.4, -0.2) is 112 Å². The quantitative estimate of drug-likeness (QED) is 0.325. The number of carbonyl (C=O) groups excluding carboxylic acids is 5. The largest absolute Gasteiger partial charge is 0.508 e. The number of phenolic OH excluding ortho intramolecular Hbond substituents is 1. The maximum atomic E-state index is 16.1. The number of piperidine rings is 3. The van der Waals surface area contributed by atoms with Crippen LogP contribution in [0.15, 0.2) is 48.5 Å². The van der Waals surface area contributed by atoms with Gasteiger partial charge in [-0.15, -0.1) is 0 Å². The van der Waals surface area contributed by atoms with Crippen molar-refractivity contribution in [1.82, 2.24) is 24.9 Å². The Hall–Kier alpha value is -5.28. The van der Waals surface area contributed by atoms with Crippen LogP contribution in [0, 0.1) is 11.7 Å². The molecule has 3 aromatic carbocycles. The molecule has 2 N–H and O–H groups in total. The molecule has 1 unspecified atom stereocenters. The molecule has 59 heavy (non-hydrogen) atoms. The van der Waals surface area contributed by atoms with Crippen molar-refractivity contribution in [2.75, 3.05) is 37.6 Å². The van der Waals surface area contributed by atoms with Gasteiger partial charge in [0, 0.05) is 74.9 Å². The molecule has 5 amide bonds. The number of halogens is 3. The molecular weight excluding hydrogens is 766 g/mol. The van der Waals surface area contributed by atoms with Crippen LogP contribution in [0.5, 0.6) is 5.75 Å². The number of amides is 5. The molecule has 3 fully saturated rings. The van der Waals surface area contributed by atoms with Gasteiger partial charge in [0.25, 0.3) is 18.2 Å². The molecule has 6 aliphatic rings. The molecule has 3 atom stereocenters. The Bertz CT molecular complexity index is 2190. The first-order chi connectivity index (χ1) is 28.3. The van der Waals surface area contributed by atoms with Gasteiger partial charge in [-0.3, -0.25) is 44.0 Å². The molecule has 0 aromatic heterocycles. The molecule has 0 spiro atoms. The summed E-state index contributed by atoms with van der Waals surface area (Å²) in [5.74, 6) is -2.46. The zero-order valence-electron chi connectivity index (χ0n) is 32.8. The zero-order valence-corrected chi connectivity index (χ0v) is 32.8. The summed E-state index contributed by atoms with van der Waals surface area (Å²) in [4.78, 5) is 73.5. The fourth-order valence-electron chi connectivity index (χ4n) is 10.4. The molecule has 3 saturated heterocycles. The van der Waals surface area contributed by atoms with E-state index >= 15 is 4.39 Å². The number of hydrogen-bond acceptors (Lipinski definition) is 9. The monoisotopic (exact) mass is 812 g/mol. The summed E-state index contributed by atoms with van der Waals surface area (Å²) in [6.07, 6.45) is 0.915. The normalized spacial score (nSPS) is 24.5. The topological polar surface area (TPSA) is 134 Å². The molecule has 6 heterocycles. The van der Waals surface area contributed by atoms with Crippen molar-refractivity contribution in [3.05, 3.63) is 93.3 Å². The zero-order chi connectivity index (χ0) is 41.3. The average molecular weight is 813 g/mol. The molecule has 6 aliphatic heterocycles. The highest BCUT2D eigenvalue weighted by Gasteiger charge is 2.46. The number of likely N-dealkylation sites (tertiary alicyclic amines) is 1. The smallest absolute Gasteiger partial charge is 0.262 e. The maximum Gasteiger partial charge on any atom is 0.262 e. The lowest BCUT2D eigenvalue weighted by atomic mass is 9.84. The van der Waals surface area contributed by atoms with Crippen molar-refractivity contribution in [2.45, 2.75) is 95.6 Å². The SMILES string of the molecule is C[C@@H]1Cc2cc(O)ccc2[C@@H](c2ccc(N3CCC(C(=O)N4CCC(N5Cc6cc7c(cc6C5)C(=O)N(C5CCC(=O)NC5=O)C7=O)CC4)CC3)cc2F)N1CC(F)F. The number of hydrogen-bond donors (Lipinski definition) is 2. The molecule has 0 saturated carbocycles. The van der Waals surface area contributed by atoms with Crippen molar-refractivity contribution >= 4 is 35.2 Å². The average Bonchev–Trinajstić information content (AvgIpc) is 3.74. The summed E-state index contributed by atoms with van der Waals surface area (Å²) in [5.41, 5.74) is 5.04. The molecule has 3 aromatic rings. The number of benzene rings is 3. The van der Waals surface area contributed by atoms with E-state index < -0.39 is 54.5 Å². The van der Waals surface area contributed by atoms with Crippen molar-refractivity contribution in [1.29, 1.82) is 0 Å². The predicted octanol–water partition coefficient (Wildman–Crippen LogP) is 4.76. The minimum atomic E-state index is -2.59. The second-order valence-corrected chi connectivity index (χ2v) is 17.0. The predicted molar refractivity (Wildman–Crippen MR) is 209 cm³/mol. The van der Waals surface area contributed by atoms with E-state index in [1.807, 2.05) is 17.9 Å². The van der Waals surface area contributed by atoms with E-state index in [-0.39, 0.29) is 53.6 Å². The number of anilines is 1. The summed E-state index contributed by atoms with van der Waals surface area (Å²) in [6.45, 7) is 5.00. The van der Waals surface area contributed by atoms with E-state index in [9.17, 15) is 37.9 Å².